The molecular formula is C49H66O7. The van der Waals surface area contributed by atoms with E-state index in [1.165, 1.54) is 12.5 Å². The summed E-state index contributed by atoms with van der Waals surface area (Å²) in [6.45, 7) is 28.7. The maximum Gasteiger partial charge on any atom is 0.341 e. The van der Waals surface area contributed by atoms with Crippen molar-refractivity contribution in [1.29, 1.82) is 0 Å². The van der Waals surface area contributed by atoms with Crippen LogP contribution < -0.4 is 9.47 Å². The van der Waals surface area contributed by atoms with Gasteiger partial charge < -0.3 is 24.8 Å². The number of carboxylic acid groups (broad SMARTS) is 1. The van der Waals surface area contributed by atoms with Crippen molar-refractivity contribution < 1.29 is 34.4 Å². The van der Waals surface area contributed by atoms with Gasteiger partial charge in [0.05, 0.1) is 6.10 Å². The Morgan fingerprint density at radius 2 is 1.07 bits per heavy atom. The van der Waals surface area contributed by atoms with Gasteiger partial charge in [-0.05, 0) is 110 Å². The molecule has 0 heterocycles. The molecule has 7 heteroatoms. The summed E-state index contributed by atoms with van der Waals surface area (Å²) in [6, 6.07) is 12.5. The van der Waals surface area contributed by atoms with E-state index in [-0.39, 0.29) is 39.8 Å². The number of benzene rings is 3. The first-order chi connectivity index (χ1) is 25.6. The van der Waals surface area contributed by atoms with Crippen LogP contribution in [0.15, 0.2) is 59.7 Å². The van der Waals surface area contributed by atoms with E-state index < -0.39 is 18.7 Å². The predicted molar refractivity (Wildman–Crippen MR) is 227 cm³/mol. The number of aliphatic hydroxyl groups is 1. The molecule has 0 saturated carbocycles. The summed E-state index contributed by atoms with van der Waals surface area (Å²) < 4.78 is 12.3. The summed E-state index contributed by atoms with van der Waals surface area (Å²) in [7, 11) is 0. The molecule has 1 atom stereocenters. The standard InChI is InChI=1S/C49H66O7/c1-29-17-38(47(6,7)8)24-34(44(29)56-28-42(52)53)19-32-22-39(48(9,10)11)23-33(43(32)54)20-36-26-40(49(12,13)14)25-35(45(36)55-27-30(2)50)18-31-21-37(46(3,4)5)15-16-41(31)51/h15,17,21-26,41,51,54H,16,18-20,27-28H2,1-14H3,(H,52,53). The van der Waals surface area contributed by atoms with Crippen molar-refractivity contribution in [2.75, 3.05) is 13.2 Å². The molecule has 0 aromatic heterocycles. The lowest BCUT2D eigenvalue weighted by atomic mass is 9.78. The summed E-state index contributed by atoms with van der Waals surface area (Å²) in [4.78, 5) is 24.0. The number of aliphatic carboxylic acids is 1. The molecule has 7 nitrogen and oxygen atoms in total. The molecule has 1 unspecified atom stereocenters. The summed E-state index contributed by atoms with van der Waals surface area (Å²) in [5.41, 5.74) is 9.29. The number of carbonyl (C=O) groups excluding carboxylic acids is 1. The third-order valence-electron chi connectivity index (χ3n) is 10.6. The van der Waals surface area contributed by atoms with Crippen LogP contribution >= 0.6 is 0 Å². The number of phenols is 1. The number of Topliss-reactive ketones (excluding diaryl/α,β-unsaturated/α-hetero) is 1. The Labute approximate surface area is 335 Å². The topological polar surface area (TPSA) is 113 Å². The van der Waals surface area contributed by atoms with E-state index in [1.807, 2.05) is 19.1 Å². The Morgan fingerprint density at radius 3 is 1.52 bits per heavy atom. The summed E-state index contributed by atoms with van der Waals surface area (Å²) in [5, 5.41) is 33.0. The van der Waals surface area contributed by atoms with Crippen LogP contribution in [-0.4, -0.2) is 46.4 Å². The molecular weight excluding hydrogens is 701 g/mol. The highest BCUT2D eigenvalue weighted by molar-refractivity contribution is 5.77. The Kier molecular flexibility index (Phi) is 13.2. The molecule has 0 radical (unpaired) electrons. The van der Waals surface area contributed by atoms with Crippen LogP contribution in [0, 0.1) is 12.3 Å². The van der Waals surface area contributed by atoms with E-state index in [4.69, 9.17) is 9.47 Å². The summed E-state index contributed by atoms with van der Waals surface area (Å²) in [5.74, 6) is 0.0775. The number of ketones is 1. The molecule has 3 aromatic carbocycles. The zero-order valence-electron chi connectivity index (χ0n) is 36.4. The van der Waals surface area contributed by atoms with Gasteiger partial charge in [0.2, 0.25) is 0 Å². The first kappa shape index (κ1) is 44.4. The van der Waals surface area contributed by atoms with E-state index in [1.54, 1.807) is 0 Å². The predicted octanol–water partition coefficient (Wildman–Crippen LogP) is 10.4. The Balaban J connectivity index is 1.95. The van der Waals surface area contributed by atoms with E-state index in [9.17, 15) is 24.9 Å². The molecule has 1 aliphatic rings. The van der Waals surface area contributed by atoms with Crippen LogP contribution in [0.25, 0.3) is 0 Å². The van der Waals surface area contributed by atoms with Gasteiger partial charge in [-0.1, -0.05) is 132 Å². The summed E-state index contributed by atoms with van der Waals surface area (Å²) >= 11 is 0. The minimum Gasteiger partial charge on any atom is -0.507 e. The van der Waals surface area contributed by atoms with Gasteiger partial charge in [0.1, 0.15) is 23.9 Å². The Morgan fingerprint density at radius 1 is 0.643 bits per heavy atom. The normalized spacial score (nSPS) is 15.3. The Bertz CT molecular complexity index is 2020. The van der Waals surface area contributed by atoms with Gasteiger partial charge in [0.15, 0.2) is 12.4 Å². The number of carboxylic acids is 1. The highest BCUT2D eigenvalue weighted by Gasteiger charge is 2.28. The van der Waals surface area contributed by atoms with E-state index >= 15 is 0 Å². The van der Waals surface area contributed by atoms with Crippen molar-refractivity contribution in [3.05, 3.63) is 110 Å². The second kappa shape index (κ2) is 16.6. The van der Waals surface area contributed by atoms with Crippen LogP contribution in [0.3, 0.4) is 0 Å². The average molecular weight is 767 g/mol. The van der Waals surface area contributed by atoms with E-state index in [2.05, 4.69) is 120 Å². The van der Waals surface area contributed by atoms with Gasteiger partial charge >= 0.3 is 5.97 Å². The van der Waals surface area contributed by atoms with E-state index in [0.717, 1.165) is 44.5 Å². The molecule has 0 saturated heterocycles. The molecule has 3 aromatic rings. The molecule has 0 fully saturated rings. The smallest absolute Gasteiger partial charge is 0.341 e. The maximum absolute atomic E-state index is 12.4. The molecule has 304 valence electrons. The van der Waals surface area contributed by atoms with E-state index in [0.29, 0.717) is 48.3 Å². The quantitative estimate of drug-likeness (QED) is 0.168. The van der Waals surface area contributed by atoms with Crippen LogP contribution in [0.2, 0.25) is 0 Å². The SMILES string of the molecule is CC(=O)COc1c(CC2=CC(C(C)(C)C)=CCC2O)cc(C(C)(C)C)cc1Cc1cc(C(C)(C)C)cc(Cc2cc(C(C)(C)C)cc(C)c2OCC(=O)O)c1O. The molecule has 1 aliphatic carbocycles. The average Bonchev–Trinajstić information content (AvgIpc) is 3.04. The number of aliphatic hydroxyl groups excluding tert-OH is 1. The number of aryl methyl sites for hydroxylation is 1. The van der Waals surface area contributed by atoms with Gasteiger partial charge in [0, 0.05) is 12.8 Å². The number of carbonyl (C=O) groups is 2. The largest absolute Gasteiger partial charge is 0.507 e. The number of allylic oxidation sites excluding steroid dienone is 2. The summed E-state index contributed by atoms with van der Waals surface area (Å²) in [6.07, 6.45) is 5.21. The minimum absolute atomic E-state index is 0.0824. The molecule has 0 bridgehead atoms. The third-order valence-corrected chi connectivity index (χ3v) is 10.6. The third kappa shape index (κ3) is 11.1. The maximum atomic E-state index is 12.4. The second-order valence-corrected chi connectivity index (χ2v) is 19.9. The number of ether oxygens (including phenoxy) is 2. The molecule has 3 N–H and O–H groups in total. The van der Waals surface area contributed by atoms with Gasteiger partial charge in [-0.15, -0.1) is 0 Å². The first-order valence-corrected chi connectivity index (χ1v) is 19.9. The minimum atomic E-state index is -1.06. The fourth-order valence-electron chi connectivity index (χ4n) is 7.09. The number of rotatable bonds is 12. The van der Waals surface area contributed by atoms with Crippen molar-refractivity contribution >= 4 is 11.8 Å². The number of phenolic OH excluding ortho intramolecular Hbond substituents is 1. The van der Waals surface area contributed by atoms with Gasteiger partial charge in [-0.25, -0.2) is 4.79 Å². The molecule has 0 spiro atoms. The lowest BCUT2D eigenvalue weighted by Crippen LogP contribution is -2.21. The number of aromatic hydroxyl groups is 1. The van der Waals surface area contributed by atoms with Crippen molar-refractivity contribution in [1.82, 2.24) is 0 Å². The molecule has 56 heavy (non-hydrogen) atoms. The monoisotopic (exact) mass is 766 g/mol. The van der Waals surface area contributed by atoms with Crippen molar-refractivity contribution in [2.45, 2.75) is 145 Å². The first-order valence-electron chi connectivity index (χ1n) is 19.9. The van der Waals surface area contributed by atoms with Crippen LogP contribution in [0.5, 0.6) is 17.2 Å². The van der Waals surface area contributed by atoms with Crippen LogP contribution in [0.4, 0.5) is 0 Å². The highest BCUT2D eigenvalue weighted by atomic mass is 16.5. The highest BCUT2D eigenvalue weighted by Crippen LogP contribution is 2.41. The fourth-order valence-corrected chi connectivity index (χ4v) is 7.09. The van der Waals surface area contributed by atoms with Crippen molar-refractivity contribution in [2.24, 2.45) is 5.41 Å². The molecule has 4 rings (SSSR count). The number of hydrogen-bond donors (Lipinski definition) is 3. The van der Waals surface area contributed by atoms with Gasteiger partial charge in [-0.3, -0.25) is 4.79 Å². The van der Waals surface area contributed by atoms with Gasteiger partial charge in [-0.2, -0.15) is 0 Å². The zero-order chi connectivity index (χ0) is 42.1. The fraction of sp³-hybridized carbons (Fsp3) is 0.510. The molecule has 0 aliphatic heterocycles. The lowest BCUT2D eigenvalue weighted by Gasteiger charge is -2.29. The van der Waals surface area contributed by atoms with Crippen LogP contribution in [0.1, 0.15) is 147 Å². The second-order valence-electron chi connectivity index (χ2n) is 19.9. The van der Waals surface area contributed by atoms with Crippen molar-refractivity contribution in [3.63, 3.8) is 0 Å². The zero-order valence-corrected chi connectivity index (χ0v) is 36.4. The number of hydrogen-bond acceptors (Lipinski definition) is 6. The lowest BCUT2D eigenvalue weighted by molar-refractivity contribution is -0.139. The van der Waals surface area contributed by atoms with Crippen molar-refractivity contribution in [3.8, 4) is 17.2 Å². The van der Waals surface area contributed by atoms with Crippen LogP contribution in [-0.2, 0) is 45.1 Å². The van der Waals surface area contributed by atoms with Gasteiger partial charge in [0.25, 0.3) is 0 Å². The molecule has 0 amide bonds. The Hall–Kier alpha value is -4.36.